The first-order valence-electron chi connectivity index (χ1n) is 4.24. The van der Waals surface area contributed by atoms with Crippen molar-refractivity contribution in [2.24, 2.45) is 0 Å². The molecule has 0 rings (SSSR count). The zero-order chi connectivity index (χ0) is 9.56. The van der Waals surface area contributed by atoms with E-state index in [-0.39, 0.29) is 0 Å². The summed E-state index contributed by atoms with van der Waals surface area (Å²) in [6.45, 7) is 3.52. The third-order valence-electron chi connectivity index (χ3n) is 1.59. The zero-order valence-corrected chi connectivity index (χ0v) is 7.58. The minimum absolute atomic E-state index is 0.566. The van der Waals surface area contributed by atoms with Crippen LogP contribution in [0.25, 0.3) is 0 Å². The van der Waals surface area contributed by atoms with Gasteiger partial charge in [-0.2, -0.15) is 0 Å². The fourth-order valence-corrected chi connectivity index (χ4v) is 0.978. The molecule has 0 amide bonds. The molecule has 70 valence electrons. The Kier molecular flexibility index (Phi) is 5.75. The number of hydrogen-bond donors (Lipinski definition) is 3. The van der Waals surface area contributed by atoms with Crippen LogP contribution in [0.4, 0.5) is 0 Å². The Morgan fingerprint density at radius 2 is 2.25 bits per heavy atom. The van der Waals surface area contributed by atoms with E-state index in [1.165, 1.54) is 6.82 Å². The summed E-state index contributed by atoms with van der Waals surface area (Å²) in [7, 11) is -0.761. The summed E-state index contributed by atoms with van der Waals surface area (Å²) in [4.78, 5) is 10.6. The highest BCUT2D eigenvalue weighted by molar-refractivity contribution is 6.45. The lowest BCUT2D eigenvalue weighted by Crippen LogP contribution is -2.44. The Hall–Kier alpha value is -0.545. The quantitative estimate of drug-likeness (QED) is 0.506. The lowest BCUT2D eigenvalue weighted by Gasteiger charge is -2.13. The Balaban J connectivity index is 3.78. The van der Waals surface area contributed by atoms with Crippen LogP contribution in [0.2, 0.25) is 6.82 Å². The smallest absolute Gasteiger partial charge is 0.374 e. The average Bonchev–Trinajstić information content (AvgIpc) is 1.96. The number of carboxylic acids is 1. The molecule has 4 nitrogen and oxygen atoms in total. The lowest BCUT2D eigenvalue weighted by molar-refractivity contribution is -0.139. The zero-order valence-electron chi connectivity index (χ0n) is 7.58. The van der Waals surface area contributed by atoms with Gasteiger partial charge in [-0.3, -0.25) is 4.79 Å². The molecule has 1 atom stereocenters. The van der Waals surface area contributed by atoms with Gasteiger partial charge in [0.05, 0.1) is 6.04 Å². The van der Waals surface area contributed by atoms with Crippen molar-refractivity contribution < 1.29 is 14.9 Å². The van der Waals surface area contributed by atoms with Crippen molar-refractivity contribution in [2.45, 2.75) is 39.1 Å². The maximum atomic E-state index is 10.6. The standard InChI is InChI=1S/C7H16BNO3/c1-3-4-5-6(7(10)11)9-8(2)12/h6,9,12H,3-5H2,1-2H3,(H,10,11)/t6-/m0/s1. The Bertz CT molecular complexity index is 141. The van der Waals surface area contributed by atoms with Gasteiger partial charge in [0.15, 0.2) is 0 Å². The second kappa shape index (κ2) is 6.02. The monoisotopic (exact) mass is 173 g/mol. The molecule has 0 saturated heterocycles. The molecule has 0 unspecified atom stereocenters. The predicted octanol–water partition coefficient (Wildman–Crippen LogP) is 0.330. The summed E-state index contributed by atoms with van der Waals surface area (Å²) in [6.07, 6.45) is 2.39. The van der Waals surface area contributed by atoms with Crippen molar-refractivity contribution in [3.63, 3.8) is 0 Å². The maximum absolute atomic E-state index is 10.6. The van der Waals surface area contributed by atoms with E-state index < -0.39 is 19.1 Å². The minimum atomic E-state index is -0.899. The van der Waals surface area contributed by atoms with Crippen molar-refractivity contribution in [1.82, 2.24) is 5.23 Å². The summed E-state index contributed by atoms with van der Waals surface area (Å²) < 4.78 is 0. The Morgan fingerprint density at radius 3 is 2.58 bits per heavy atom. The van der Waals surface area contributed by atoms with Crippen LogP contribution in [-0.2, 0) is 4.79 Å². The van der Waals surface area contributed by atoms with Crippen molar-refractivity contribution in [2.75, 3.05) is 0 Å². The normalized spacial score (nSPS) is 12.6. The Morgan fingerprint density at radius 1 is 1.67 bits per heavy atom. The van der Waals surface area contributed by atoms with Crippen LogP contribution >= 0.6 is 0 Å². The van der Waals surface area contributed by atoms with Crippen LogP contribution in [0.3, 0.4) is 0 Å². The van der Waals surface area contributed by atoms with Gasteiger partial charge in [0, 0.05) is 0 Å². The number of aliphatic carboxylic acids is 1. The first-order chi connectivity index (χ1) is 5.57. The summed E-state index contributed by atoms with van der Waals surface area (Å²) >= 11 is 0. The summed E-state index contributed by atoms with van der Waals surface area (Å²) in [5, 5.41) is 20.1. The minimum Gasteiger partial charge on any atom is -0.480 e. The second-order valence-corrected chi connectivity index (χ2v) is 2.88. The molecule has 0 saturated carbocycles. The van der Waals surface area contributed by atoms with E-state index in [0.717, 1.165) is 12.8 Å². The van der Waals surface area contributed by atoms with E-state index in [1.54, 1.807) is 0 Å². The molecule has 0 heterocycles. The van der Waals surface area contributed by atoms with E-state index in [9.17, 15) is 4.79 Å². The SMILES string of the molecule is CCCC[C@H](NB(C)O)C(=O)O. The third-order valence-corrected chi connectivity index (χ3v) is 1.59. The molecule has 0 aromatic rings. The molecule has 5 heteroatoms. The third kappa shape index (κ3) is 5.15. The summed E-state index contributed by atoms with van der Waals surface area (Å²) in [6, 6.07) is -0.620. The number of nitrogens with one attached hydrogen (secondary N) is 1. The summed E-state index contributed by atoms with van der Waals surface area (Å²) in [5.74, 6) is -0.899. The molecule has 0 fully saturated rings. The molecule has 0 radical (unpaired) electrons. The molecule has 0 aliphatic heterocycles. The molecule has 0 spiro atoms. The molecule has 12 heavy (non-hydrogen) atoms. The average molecular weight is 173 g/mol. The van der Waals surface area contributed by atoms with E-state index in [2.05, 4.69) is 5.23 Å². The van der Waals surface area contributed by atoms with Crippen molar-refractivity contribution in [3.8, 4) is 0 Å². The molecule has 0 aromatic heterocycles. The number of carboxylic acid groups (broad SMARTS) is 1. The first-order valence-corrected chi connectivity index (χ1v) is 4.24. The van der Waals surface area contributed by atoms with E-state index in [0.29, 0.717) is 6.42 Å². The van der Waals surface area contributed by atoms with Crippen LogP contribution < -0.4 is 5.23 Å². The van der Waals surface area contributed by atoms with Gasteiger partial charge in [-0.15, -0.1) is 0 Å². The number of hydrogen-bond acceptors (Lipinski definition) is 3. The van der Waals surface area contributed by atoms with Gasteiger partial charge in [0.2, 0.25) is 0 Å². The summed E-state index contributed by atoms with van der Waals surface area (Å²) in [5.41, 5.74) is 0. The fraction of sp³-hybridized carbons (Fsp3) is 0.857. The first kappa shape index (κ1) is 11.5. The van der Waals surface area contributed by atoms with Crippen LogP contribution in [0, 0.1) is 0 Å². The van der Waals surface area contributed by atoms with Crippen molar-refractivity contribution in [3.05, 3.63) is 0 Å². The number of unbranched alkanes of at least 4 members (excludes halogenated alkanes) is 1. The topological polar surface area (TPSA) is 69.6 Å². The Labute approximate surface area is 73.1 Å². The highest BCUT2D eigenvalue weighted by atomic mass is 16.4. The van der Waals surface area contributed by atoms with E-state index in [1.807, 2.05) is 6.92 Å². The van der Waals surface area contributed by atoms with E-state index >= 15 is 0 Å². The molecular formula is C7H16BNO3. The van der Waals surface area contributed by atoms with Gasteiger partial charge in [0.25, 0.3) is 0 Å². The van der Waals surface area contributed by atoms with Gasteiger partial charge in [-0.1, -0.05) is 19.8 Å². The van der Waals surface area contributed by atoms with Gasteiger partial charge >= 0.3 is 13.0 Å². The molecular weight excluding hydrogens is 157 g/mol. The van der Waals surface area contributed by atoms with Crippen LogP contribution in [0.15, 0.2) is 0 Å². The van der Waals surface area contributed by atoms with Gasteiger partial charge < -0.3 is 15.4 Å². The van der Waals surface area contributed by atoms with Gasteiger partial charge in [-0.25, -0.2) is 0 Å². The highest BCUT2D eigenvalue weighted by Gasteiger charge is 2.19. The molecule has 0 aliphatic rings. The van der Waals surface area contributed by atoms with Crippen LogP contribution in [-0.4, -0.2) is 29.2 Å². The van der Waals surface area contributed by atoms with Crippen LogP contribution in [0.1, 0.15) is 26.2 Å². The maximum Gasteiger partial charge on any atom is 0.374 e. The fourth-order valence-electron chi connectivity index (χ4n) is 0.978. The molecule has 0 bridgehead atoms. The molecule has 3 N–H and O–H groups in total. The molecule has 0 aliphatic carbocycles. The number of carbonyl (C=O) groups is 1. The molecule has 0 aromatic carbocycles. The lowest BCUT2D eigenvalue weighted by atomic mass is 9.86. The van der Waals surface area contributed by atoms with Gasteiger partial charge in [0.1, 0.15) is 0 Å². The van der Waals surface area contributed by atoms with Crippen molar-refractivity contribution >= 4 is 13.0 Å². The number of rotatable bonds is 6. The largest absolute Gasteiger partial charge is 0.480 e. The second-order valence-electron chi connectivity index (χ2n) is 2.88. The van der Waals surface area contributed by atoms with Crippen LogP contribution in [0.5, 0.6) is 0 Å². The highest BCUT2D eigenvalue weighted by Crippen LogP contribution is 2.00. The van der Waals surface area contributed by atoms with E-state index in [4.69, 9.17) is 10.1 Å². The predicted molar refractivity (Wildman–Crippen MR) is 47.9 cm³/mol. The van der Waals surface area contributed by atoms with Crippen molar-refractivity contribution in [1.29, 1.82) is 0 Å². The van der Waals surface area contributed by atoms with Gasteiger partial charge in [-0.05, 0) is 13.2 Å².